The second-order valence-corrected chi connectivity index (χ2v) is 6.04. The second-order valence-electron chi connectivity index (χ2n) is 5.63. The molecule has 0 aliphatic carbocycles. The number of amides is 1. The molecule has 2 heterocycles. The molecule has 2 aromatic rings. The van der Waals surface area contributed by atoms with Crippen molar-refractivity contribution < 1.29 is 14.6 Å². The molecule has 6 nitrogen and oxygen atoms in total. The molecule has 1 aromatic carbocycles. The zero-order valence-electron chi connectivity index (χ0n) is 12.9. The predicted molar refractivity (Wildman–Crippen MR) is 91.1 cm³/mol. The standard InChI is InChI=1S/C17H18ClN3O3/c18-14-6-12(21-17(23)15-7-13(22)9-20-15)3-4-16(14)24-10-11-2-1-5-19-8-11/h1-6,8,13,15,20,22H,7,9-10H2,(H,21,23). The van der Waals surface area contributed by atoms with Crippen molar-refractivity contribution in [3.63, 3.8) is 0 Å². The zero-order chi connectivity index (χ0) is 16.9. The number of benzene rings is 1. The Balaban J connectivity index is 1.59. The van der Waals surface area contributed by atoms with Crippen LogP contribution in [0.2, 0.25) is 5.02 Å². The number of nitrogens with one attached hydrogen (secondary N) is 2. The highest BCUT2D eigenvalue weighted by Crippen LogP contribution is 2.28. The quantitative estimate of drug-likeness (QED) is 0.770. The van der Waals surface area contributed by atoms with Crippen LogP contribution in [0.3, 0.4) is 0 Å². The average Bonchev–Trinajstić information content (AvgIpc) is 3.02. The van der Waals surface area contributed by atoms with Crippen LogP contribution >= 0.6 is 11.6 Å². The van der Waals surface area contributed by atoms with Gasteiger partial charge in [-0.3, -0.25) is 9.78 Å². The van der Waals surface area contributed by atoms with Gasteiger partial charge < -0.3 is 20.5 Å². The molecule has 1 fully saturated rings. The molecule has 3 rings (SSSR count). The van der Waals surface area contributed by atoms with E-state index in [1.807, 2.05) is 12.1 Å². The average molecular weight is 348 g/mol. The fourth-order valence-electron chi connectivity index (χ4n) is 2.49. The number of carbonyl (C=O) groups excluding carboxylic acids is 1. The van der Waals surface area contributed by atoms with Gasteiger partial charge in [-0.15, -0.1) is 0 Å². The van der Waals surface area contributed by atoms with Crippen LogP contribution in [-0.4, -0.2) is 34.7 Å². The van der Waals surface area contributed by atoms with E-state index in [2.05, 4.69) is 15.6 Å². The Hall–Kier alpha value is -2.15. The van der Waals surface area contributed by atoms with Crippen LogP contribution in [0.5, 0.6) is 5.75 Å². The Morgan fingerprint density at radius 1 is 1.46 bits per heavy atom. The van der Waals surface area contributed by atoms with Crippen molar-refractivity contribution in [3.8, 4) is 5.75 Å². The fraction of sp³-hybridized carbons (Fsp3) is 0.294. The summed E-state index contributed by atoms with van der Waals surface area (Å²) in [5.74, 6) is 0.347. The molecule has 0 saturated carbocycles. The number of nitrogens with zero attached hydrogens (tertiary/aromatic N) is 1. The monoisotopic (exact) mass is 347 g/mol. The molecule has 2 atom stereocenters. The fourth-order valence-corrected chi connectivity index (χ4v) is 2.72. The van der Waals surface area contributed by atoms with Crippen molar-refractivity contribution in [2.75, 3.05) is 11.9 Å². The van der Waals surface area contributed by atoms with Gasteiger partial charge in [0.05, 0.1) is 17.2 Å². The number of β-amino-alcohol motifs (C(OH)–C–C–N with tert-alkyl or cyclic N) is 1. The lowest BCUT2D eigenvalue weighted by Gasteiger charge is -2.13. The maximum Gasteiger partial charge on any atom is 0.241 e. The van der Waals surface area contributed by atoms with E-state index in [1.54, 1.807) is 30.6 Å². The number of rotatable bonds is 5. The summed E-state index contributed by atoms with van der Waals surface area (Å²) in [5.41, 5.74) is 1.53. The summed E-state index contributed by atoms with van der Waals surface area (Å²) < 4.78 is 5.67. The first-order valence-corrected chi connectivity index (χ1v) is 8.03. The first kappa shape index (κ1) is 16.7. The van der Waals surface area contributed by atoms with E-state index in [4.69, 9.17) is 16.3 Å². The van der Waals surface area contributed by atoms with Crippen LogP contribution in [0.4, 0.5) is 5.69 Å². The van der Waals surface area contributed by atoms with Crippen LogP contribution in [-0.2, 0) is 11.4 Å². The number of ether oxygens (including phenoxy) is 1. The van der Waals surface area contributed by atoms with Crippen LogP contribution in [0.15, 0.2) is 42.7 Å². The first-order chi connectivity index (χ1) is 11.6. The van der Waals surface area contributed by atoms with Gasteiger partial charge in [-0.05, 0) is 30.7 Å². The molecular formula is C17H18ClN3O3. The number of aliphatic hydroxyl groups is 1. The van der Waals surface area contributed by atoms with Crippen molar-refractivity contribution in [1.29, 1.82) is 0 Å². The molecule has 1 saturated heterocycles. The molecule has 0 radical (unpaired) electrons. The van der Waals surface area contributed by atoms with Gasteiger partial charge in [-0.2, -0.15) is 0 Å². The first-order valence-electron chi connectivity index (χ1n) is 7.65. The van der Waals surface area contributed by atoms with Gasteiger partial charge in [-0.1, -0.05) is 17.7 Å². The van der Waals surface area contributed by atoms with Gasteiger partial charge in [0.25, 0.3) is 0 Å². The van der Waals surface area contributed by atoms with Crippen molar-refractivity contribution in [1.82, 2.24) is 10.3 Å². The summed E-state index contributed by atoms with van der Waals surface area (Å²) >= 11 is 6.21. The molecule has 1 aliphatic rings. The Kier molecular flexibility index (Phi) is 5.30. The van der Waals surface area contributed by atoms with E-state index < -0.39 is 6.10 Å². The van der Waals surface area contributed by atoms with Crippen LogP contribution in [0.1, 0.15) is 12.0 Å². The largest absolute Gasteiger partial charge is 0.487 e. The van der Waals surface area contributed by atoms with Crippen LogP contribution < -0.4 is 15.4 Å². The van der Waals surface area contributed by atoms with E-state index in [0.29, 0.717) is 36.0 Å². The number of aliphatic hydroxyl groups excluding tert-OH is 1. The Labute approximate surface area is 144 Å². The summed E-state index contributed by atoms with van der Waals surface area (Å²) in [5, 5.41) is 15.6. The number of aromatic nitrogens is 1. The van der Waals surface area contributed by atoms with Gasteiger partial charge in [0.15, 0.2) is 0 Å². The third-order valence-electron chi connectivity index (χ3n) is 3.74. The van der Waals surface area contributed by atoms with Gasteiger partial charge in [0.2, 0.25) is 5.91 Å². The Morgan fingerprint density at radius 2 is 2.33 bits per heavy atom. The normalized spacial score (nSPS) is 19.9. The van der Waals surface area contributed by atoms with Gasteiger partial charge >= 0.3 is 0 Å². The minimum atomic E-state index is -0.479. The number of anilines is 1. The molecule has 1 aliphatic heterocycles. The van der Waals surface area contributed by atoms with Gasteiger partial charge in [0.1, 0.15) is 12.4 Å². The van der Waals surface area contributed by atoms with Crippen LogP contribution in [0.25, 0.3) is 0 Å². The molecule has 3 N–H and O–H groups in total. The summed E-state index contributed by atoms with van der Waals surface area (Å²) in [4.78, 5) is 16.1. The smallest absolute Gasteiger partial charge is 0.241 e. The molecule has 7 heteroatoms. The SMILES string of the molecule is O=C(Nc1ccc(OCc2cccnc2)c(Cl)c1)C1CC(O)CN1. The topological polar surface area (TPSA) is 83.5 Å². The summed E-state index contributed by atoms with van der Waals surface area (Å²) in [6, 6.07) is 8.45. The van der Waals surface area contributed by atoms with E-state index in [0.717, 1.165) is 5.56 Å². The number of hydrogen-bond acceptors (Lipinski definition) is 5. The summed E-state index contributed by atoms with van der Waals surface area (Å²) in [7, 11) is 0. The summed E-state index contributed by atoms with van der Waals surface area (Å²) in [6.45, 7) is 0.795. The van der Waals surface area contributed by atoms with Gasteiger partial charge in [-0.25, -0.2) is 0 Å². The molecule has 2 unspecified atom stereocenters. The van der Waals surface area contributed by atoms with Crippen molar-refractivity contribution >= 4 is 23.2 Å². The lowest BCUT2D eigenvalue weighted by Crippen LogP contribution is -2.35. The molecular weight excluding hydrogens is 330 g/mol. The third-order valence-corrected chi connectivity index (χ3v) is 4.04. The maximum absolute atomic E-state index is 12.1. The lowest BCUT2D eigenvalue weighted by atomic mass is 10.2. The zero-order valence-corrected chi connectivity index (χ0v) is 13.7. The van der Waals surface area contributed by atoms with E-state index in [-0.39, 0.29) is 11.9 Å². The van der Waals surface area contributed by atoms with Crippen LogP contribution in [0, 0.1) is 0 Å². The lowest BCUT2D eigenvalue weighted by molar-refractivity contribution is -0.117. The molecule has 1 amide bonds. The predicted octanol–water partition coefficient (Wildman–Crippen LogP) is 1.98. The van der Waals surface area contributed by atoms with E-state index in [1.165, 1.54) is 0 Å². The number of halogens is 1. The molecule has 24 heavy (non-hydrogen) atoms. The van der Waals surface area contributed by atoms with Crippen molar-refractivity contribution in [2.24, 2.45) is 0 Å². The molecule has 0 spiro atoms. The Morgan fingerprint density at radius 3 is 3.00 bits per heavy atom. The number of hydrogen-bond donors (Lipinski definition) is 3. The second kappa shape index (κ2) is 7.61. The van der Waals surface area contributed by atoms with Crippen molar-refractivity contribution in [2.45, 2.75) is 25.2 Å². The number of carbonyl (C=O) groups is 1. The number of pyridine rings is 1. The van der Waals surface area contributed by atoms with Crippen molar-refractivity contribution in [3.05, 3.63) is 53.3 Å². The minimum absolute atomic E-state index is 0.188. The molecule has 0 bridgehead atoms. The van der Waals surface area contributed by atoms with Gasteiger partial charge in [0, 0.05) is 30.2 Å². The third kappa shape index (κ3) is 4.23. The molecule has 126 valence electrons. The highest BCUT2D eigenvalue weighted by molar-refractivity contribution is 6.32. The Bertz CT molecular complexity index is 711. The molecule has 1 aromatic heterocycles. The highest BCUT2D eigenvalue weighted by Gasteiger charge is 2.28. The summed E-state index contributed by atoms with van der Waals surface area (Å²) in [6.07, 6.45) is 3.36. The maximum atomic E-state index is 12.1. The minimum Gasteiger partial charge on any atom is -0.487 e. The van der Waals surface area contributed by atoms with E-state index in [9.17, 15) is 9.90 Å². The van der Waals surface area contributed by atoms with E-state index >= 15 is 0 Å². The highest BCUT2D eigenvalue weighted by atomic mass is 35.5.